The van der Waals surface area contributed by atoms with Gasteiger partial charge in [0.15, 0.2) is 5.75 Å². The molecule has 0 bridgehead atoms. The first-order valence-corrected chi connectivity index (χ1v) is 7.16. The lowest BCUT2D eigenvalue weighted by Gasteiger charge is -2.19. The van der Waals surface area contributed by atoms with Crippen molar-refractivity contribution in [1.82, 2.24) is 0 Å². The maximum absolute atomic E-state index is 11.3. The van der Waals surface area contributed by atoms with Crippen LogP contribution in [0.15, 0.2) is 18.2 Å². The number of ether oxygens (including phenoxy) is 1. The zero-order chi connectivity index (χ0) is 15.1. The van der Waals surface area contributed by atoms with Crippen LogP contribution in [-0.4, -0.2) is 17.6 Å². The molecular weight excluding hydrogens is 256 g/mol. The molecule has 1 N–H and O–H groups in total. The quantitative estimate of drug-likeness (QED) is 0.571. The summed E-state index contributed by atoms with van der Waals surface area (Å²) in [5.41, 5.74) is 0.544. The Morgan fingerprint density at radius 1 is 1.35 bits per heavy atom. The van der Waals surface area contributed by atoms with Gasteiger partial charge in [-0.1, -0.05) is 26.3 Å². The highest BCUT2D eigenvalue weighted by atomic mass is 16.6. The first-order valence-electron chi connectivity index (χ1n) is 7.16. The van der Waals surface area contributed by atoms with Crippen molar-refractivity contribution in [1.29, 1.82) is 0 Å². The Morgan fingerprint density at radius 3 is 2.60 bits per heavy atom. The second kappa shape index (κ2) is 7.72. The predicted octanol–water partition coefficient (Wildman–Crippen LogP) is 4.23. The van der Waals surface area contributed by atoms with Crippen LogP contribution in [0.4, 0.5) is 11.4 Å². The van der Waals surface area contributed by atoms with Crippen LogP contribution in [0.2, 0.25) is 0 Å². The van der Waals surface area contributed by atoms with Gasteiger partial charge in [0, 0.05) is 6.04 Å². The van der Waals surface area contributed by atoms with Crippen molar-refractivity contribution in [3.8, 4) is 5.75 Å². The van der Waals surface area contributed by atoms with Gasteiger partial charge in [0.25, 0.3) is 0 Å². The van der Waals surface area contributed by atoms with E-state index in [1.54, 1.807) is 18.2 Å². The fourth-order valence-electron chi connectivity index (χ4n) is 2.19. The Kier molecular flexibility index (Phi) is 6.28. The van der Waals surface area contributed by atoms with E-state index < -0.39 is 0 Å². The van der Waals surface area contributed by atoms with E-state index in [4.69, 9.17) is 4.74 Å². The first kappa shape index (κ1) is 16.3. The molecule has 0 saturated heterocycles. The van der Waals surface area contributed by atoms with Crippen LogP contribution in [0, 0.1) is 16.0 Å². The maximum atomic E-state index is 11.3. The lowest BCUT2D eigenvalue weighted by molar-refractivity contribution is -0.385. The highest BCUT2D eigenvalue weighted by Crippen LogP contribution is 2.35. The van der Waals surface area contributed by atoms with Crippen LogP contribution in [0.5, 0.6) is 5.75 Å². The standard InChI is InChI=1S/C15H24N2O3/c1-5-11(3)10-12(4)16-13-8-7-9-14(20-6-2)15(13)17(18)19/h7-9,11-12,16H,5-6,10H2,1-4H3. The molecule has 0 heterocycles. The molecule has 5 nitrogen and oxygen atoms in total. The van der Waals surface area contributed by atoms with E-state index in [1.165, 1.54) is 0 Å². The third-order valence-electron chi connectivity index (χ3n) is 3.34. The molecule has 0 fully saturated rings. The number of anilines is 1. The molecule has 0 amide bonds. The van der Waals surface area contributed by atoms with Crippen molar-refractivity contribution in [3.63, 3.8) is 0 Å². The van der Waals surface area contributed by atoms with Crippen molar-refractivity contribution in [2.24, 2.45) is 5.92 Å². The zero-order valence-electron chi connectivity index (χ0n) is 12.7. The van der Waals surface area contributed by atoms with Crippen molar-refractivity contribution >= 4 is 11.4 Å². The van der Waals surface area contributed by atoms with E-state index in [-0.39, 0.29) is 16.7 Å². The Hall–Kier alpha value is -1.78. The summed E-state index contributed by atoms with van der Waals surface area (Å²) >= 11 is 0. The average molecular weight is 280 g/mol. The van der Waals surface area contributed by atoms with Gasteiger partial charge in [-0.2, -0.15) is 0 Å². The highest BCUT2D eigenvalue weighted by molar-refractivity contribution is 5.68. The Labute approximate surface area is 120 Å². The molecule has 112 valence electrons. The lowest BCUT2D eigenvalue weighted by atomic mass is 10.00. The molecule has 0 saturated carbocycles. The third-order valence-corrected chi connectivity index (χ3v) is 3.34. The van der Waals surface area contributed by atoms with Crippen molar-refractivity contribution in [2.75, 3.05) is 11.9 Å². The van der Waals surface area contributed by atoms with Gasteiger partial charge in [0.2, 0.25) is 0 Å². The minimum atomic E-state index is -0.386. The van der Waals surface area contributed by atoms with Gasteiger partial charge >= 0.3 is 5.69 Å². The first-order chi connectivity index (χ1) is 9.49. The molecule has 0 spiro atoms. The smallest absolute Gasteiger partial charge is 0.333 e. The maximum Gasteiger partial charge on any atom is 0.333 e. The van der Waals surface area contributed by atoms with E-state index in [0.29, 0.717) is 24.0 Å². The number of hydrogen-bond donors (Lipinski definition) is 1. The molecule has 2 unspecified atom stereocenters. The SMILES string of the molecule is CCOc1cccc(NC(C)CC(C)CC)c1[N+](=O)[O-]. The second-order valence-corrected chi connectivity index (χ2v) is 5.14. The van der Waals surface area contributed by atoms with Gasteiger partial charge in [-0.25, -0.2) is 0 Å². The minimum absolute atomic E-state index is 0.0188. The van der Waals surface area contributed by atoms with Crippen LogP contribution >= 0.6 is 0 Å². The molecule has 1 aromatic rings. The van der Waals surface area contributed by atoms with E-state index in [9.17, 15) is 10.1 Å². The fraction of sp³-hybridized carbons (Fsp3) is 0.600. The van der Waals surface area contributed by atoms with Crippen LogP contribution in [0.25, 0.3) is 0 Å². The van der Waals surface area contributed by atoms with E-state index in [1.807, 2.05) is 13.8 Å². The molecule has 2 atom stereocenters. The van der Waals surface area contributed by atoms with Gasteiger partial charge in [0.05, 0.1) is 11.5 Å². The third kappa shape index (κ3) is 4.40. The molecule has 0 aliphatic carbocycles. The normalized spacial score (nSPS) is 13.6. The molecule has 1 aromatic carbocycles. The van der Waals surface area contributed by atoms with Crippen molar-refractivity contribution < 1.29 is 9.66 Å². The number of nitro benzene ring substituents is 1. The molecule has 0 aromatic heterocycles. The summed E-state index contributed by atoms with van der Waals surface area (Å²) in [7, 11) is 0. The zero-order valence-corrected chi connectivity index (χ0v) is 12.7. The summed E-state index contributed by atoms with van der Waals surface area (Å²) in [6.07, 6.45) is 2.08. The summed E-state index contributed by atoms with van der Waals surface area (Å²) in [5, 5.41) is 14.5. The molecular formula is C15H24N2O3. The number of benzene rings is 1. The van der Waals surface area contributed by atoms with Gasteiger partial charge in [-0.15, -0.1) is 0 Å². The van der Waals surface area contributed by atoms with E-state index in [2.05, 4.69) is 19.2 Å². The van der Waals surface area contributed by atoms with Crippen molar-refractivity contribution in [2.45, 2.75) is 46.6 Å². The molecule has 5 heteroatoms. The van der Waals surface area contributed by atoms with E-state index >= 15 is 0 Å². The fourth-order valence-corrected chi connectivity index (χ4v) is 2.19. The van der Waals surface area contributed by atoms with E-state index in [0.717, 1.165) is 12.8 Å². The Balaban J connectivity index is 2.93. The monoisotopic (exact) mass is 280 g/mol. The Morgan fingerprint density at radius 2 is 2.05 bits per heavy atom. The van der Waals surface area contributed by atoms with Gasteiger partial charge in [0.1, 0.15) is 5.69 Å². The summed E-state index contributed by atoms with van der Waals surface area (Å²) < 4.78 is 5.34. The number of nitrogens with one attached hydrogen (secondary N) is 1. The number of nitrogens with zero attached hydrogens (tertiary/aromatic N) is 1. The van der Waals surface area contributed by atoms with Gasteiger partial charge in [-0.3, -0.25) is 10.1 Å². The van der Waals surface area contributed by atoms with Gasteiger partial charge in [-0.05, 0) is 38.3 Å². The number of nitro groups is 1. The summed E-state index contributed by atoms with van der Waals surface area (Å²) in [5.74, 6) is 0.907. The van der Waals surface area contributed by atoms with Crippen LogP contribution in [0.3, 0.4) is 0 Å². The minimum Gasteiger partial charge on any atom is -0.487 e. The highest BCUT2D eigenvalue weighted by Gasteiger charge is 2.22. The molecule has 1 rings (SSSR count). The Bertz CT molecular complexity index is 449. The molecule has 0 aliphatic rings. The topological polar surface area (TPSA) is 64.4 Å². The largest absolute Gasteiger partial charge is 0.487 e. The van der Waals surface area contributed by atoms with Crippen molar-refractivity contribution in [3.05, 3.63) is 28.3 Å². The molecule has 0 radical (unpaired) electrons. The number of para-hydroxylation sites is 1. The summed E-state index contributed by atoms with van der Waals surface area (Å²) in [4.78, 5) is 10.9. The van der Waals surface area contributed by atoms with Gasteiger partial charge < -0.3 is 10.1 Å². The number of hydrogen-bond acceptors (Lipinski definition) is 4. The summed E-state index contributed by atoms with van der Waals surface area (Å²) in [6, 6.07) is 5.32. The summed E-state index contributed by atoms with van der Waals surface area (Å²) in [6.45, 7) is 8.60. The van der Waals surface area contributed by atoms with Crippen LogP contribution < -0.4 is 10.1 Å². The molecule has 0 aliphatic heterocycles. The predicted molar refractivity (Wildman–Crippen MR) is 81.4 cm³/mol. The number of rotatable bonds is 8. The average Bonchev–Trinajstić information content (AvgIpc) is 2.38. The second-order valence-electron chi connectivity index (χ2n) is 5.14. The lowest BCUT2D eigenvalue weighted by Crippen LogP contribution is -2.19. The van der Waals surface area contributed by atoms with Crippen LogP contribution in [0.1, 0.15) is 40.5 Å². The van der Waals surface area contributed by atoms with Crippen LogP contribution in [-0.2, 0) is 0 Å². The molecule has 20 heavy (non-hydrogen) atoms.